The number of aliphatic carboxylic acids is 1. The molecule has 0 spiro atoms. The quantitative estimate of drug-likeness (QED) is 0.718. The normalized spacial score (nSPS) is 12.9. The number of carboxylic acid groups (broad SMARTS) is 1. The topological polar surface area (TPSA) is 92.0 Å². The van der Waals surface area contributed by atoms with E-state index in [4.69, 9.17) is 22.4 Å². The summed E-state index contributed by atoms with van der Waals surface area (Å²) in [6.07, 6.45) is 1.49. The number of carbonyl (C=O) groups is 1. The lowest BCUT2D eigenvalue weighted by Crippen LogP contribution is -2.20. The number of rotatable bonds is 2. The van der Waals surface area contributed by atoms with Gasteiger partial charge in [-0.1, -0.05) is 11.6 Å². The third-order valence-electron chi connectivity index (χ3n) is 2.12. The molecular formula is C9H8ClN3O2. The van der Waals surface area contributed by atoms with E-state index >= 15 is 0 Å². The van der Waals surface area contributed by atoms with E-state index < -0.39 is 12.0 Å². The van der Waals surface area contributed by atoms with E-state index in [-0.39, 0.29) is 0 Å². The Morgan fingerprint density at radius 2 is 2.33 bits per heavy atom. The number of halogens is 1. The number of hydrogen-bond acceptors (Lipinski definition) is 3. The highest BCUT2D eigenvalue weighted by atomic mass is 35.5. The summed E-state index contributed by atoms with van der Waals surface area (Å²) >= 11 is 5.92. The lowest BCUT2D eigenvalue weighted by Gasteiger charge is -2.07. The Morgan fingerprint density at radius 1 is 1.60 bits per heavy atom. The van der Waals surface area contributed by atoms with E-state index in [1.807, 2.05) is 0 Å². The van der Waals surface area contributed by atoms with Crippen molar-refractivity contribution in [2.45, 2.75) is 6.04 Å². The lowest BCUT2D eigenvalue weighted by molar-refractivity contribution is -0.138. The van der Waals surface area contributed by atoms with Crippen molar-refractivity contribution in [1.82, 2.24) is 9.97 Å². The first-order chi connectivity index (χ1) is 7.09. The summed E-state index contributed by atoms with van der Waals surface area (Å²) in [6, 6.07) is 2.08. The zero-order valence-electron chi connectivity index (χ0n) is 7.57. The van der Waals surface area contributed by atoms with E-state index in [2.05, 4.69) is 9.97 Å². The number of nitrogens with two attached hydrogens (primary N) is 1. The molecule has 15 heavy (non-hydrogen) atoms. The maximum absolute atomic E-state index is 10.7. The molecule has 0 aliphatic rings. The van der Waals surface area contributed by atoms with Crippen molar-refractivity contribution in [3.63, 3.8) is 0 Å². The molecule has 1 heterocycles. The molecule has 0 amide bonds. The first-order valence-electron chi connectivity index (χ1n) is 4.20. The van der Waals surface area contributed by atoms with Crippen molar-refractivity contribution in [2.24, 2.45) is 5.73 Å². The highest BCUT2D eigenvalue weighted by Crippen LogP contribution is 2.25. The molecule has 1 aromatic heterocycles. The van der Waals surface area contributed by atoms with Crippen LogP contribution >= 0.6 is 11.6 Å². The molecule has 0 saturated carbocycles. The number of imidazole rings is 1. The Labute approximate surface area is 89.9 Å². The third kappa shape index (κ3) is 1.67. The highest BCUT2D eigenvalue weighted by Gasteiger charge is 2.16. The molecule has 0 radical (unpaired) electrons. The fraction of sp³-hybridized carbons (Fsp3) is 0.111. The summed E-state index contributed by atoms with van der Waals surface area (Å²) in [4.78, 5) is 17.5. The second kappa shape index (κ2) is 3.52. The molecule has 2 rings (SSSR count). The fourth-order valence-electron chi connectivity index (χ4n) is 1.35. The monoisotopic (exact) mass is 225 g/mol. The predicted molar refractivity (Wildman–Crippen MR) is 55.7 cm³/mol. The van der Waals surface area contributed by atoms with Crippen LogP contribution in [0.25, 0.3) is 11.0 Å². The summed E-state index contributed by atoms with van der Waals surface area (Å²) in [5.41, 5.74) is 7.21. The van der Waals surface area contributed by atoms with Gasteiger partial charge in [-0.15, -0.1) is 0 Å². The number of nitrogens with one attached hydrogen (secondary N) is 1. The first-order valence-corrected chi connectivity index (χ1v) is 4.58. The van der Waals surface area contributed by atoms with Gasteiger partial charge in [0.1, 0.15) is 11.6 Å². The second-order valence-corrected chi connectivity index (χ2v) is 3.52. The maximum atomic E-state index is 10.7. The molecule has 5 nitrogen and oxygen atoms in total. The number of H-pyrrole nitrogens is 1. The van der Waals surface area contributed by atoms with Crippen LogP contribution in [0.3, 0.4) is 0 Å². The SMILES string of the molecule is NC(C(=O)O)c1cc(Cl)c2nc[nH]c2c1. The van der Waals surface area contributed by atoms with Crippen LogP contribution in [-0.2, 0) is 4.79 Å². The minimum absolute atomic E-state index is 0.389. The number of fused-ring (bicyclic) bond motifs is 1. The van der Waals surface area contributed by atoms with Crippen LogP contribution < -0.4 is 5.73 Å². The summed E-state index contributed by atoms with van der Waals surface area (Å²) in [6.45, 7) is 0. The van der Waals surface area contributed by atoms with E-state index in [9.17, 15) is 4.79 Å². The van der Waals surface area contributed by atoms with Crippen LogP contribution in [0.5, 0.6) is 0 Å². The van der Waals surface area contributed by atoms with Crippen LogP contribution in [0.4, 0.5) is 0 Å². The van der Waals surface area contributed by atoms with Gasteiger partial charge < -0.3 is 15.8 Å². The molecule has 4 N–H and O–H groups in total. The fourth-order valence-corrected chi connectivity index (χ4v) is 1.63. The summed E-state index contributed by atoms with van der Waals surface area (Å²) in [7, 11) is 0. The molecule has 6 heteroatoms. The van der Waals surface area contributed by atoms with Crippen LogP contribution in [0.1, 0.15) is 11.6 Å². The molecule has 1 aromatic carbocycles. The molecule has 1 atom stereocenters. The van der Waals surface area contributed by atoms with E-state index in [1.54, 1.807) is 6.07 Å². The van der Waals surface area contributed by atoms with Gasteiger partial charge in [-0.3, -0.25) is 4.79 Å². The molecule has 0 bridgehead atoms. The third-order valence-corrected chi connectivity index (χ3v) is 2.41. The molecule has 2 aromatic rings. The maximum Gasteiger partial charge on any atom is 0.325 e. The van der Waals surface area contributed by atoms with Crippen molar-refractivity contribution in [2.75, 3.05) is 0 Å². The van der Waals surface area contributed by atoms with E-state index in [1.165, 1.54) is 12.4 Å². The predicted octanol–water partition coefficient (Wildman–Crippen LogP) is 1.30. The number of benzene rings is 1. The van der Waals surface area contributed by atoms with Crippen LogP contribution in [-0.4, -0.2) is 21.0 Å². The largest absolute Gasteiger partial charge is 0.480 e. The van der Waals surface area contributed by atoms with Crippen molar-refractivity contribution in [1.29, 1.82) is 0 Å². The van der Waals surface area contributed by atoms with E-state index in [0.29, 0.717) is 21.6 Å². The minimum Gasteiger partial charge on any atom is -0.480 e. The van der Waals surface area contributed by atoms with Gasteiger partial charge in [0.15, 0.2) is 0 Å². The number of hydrogen-bond donors (Lipinski definition) is 3. The molecule has 1 unspecified atom stereocenters. The smallest absolute Gasteiger partial charge is 0.325 e. The Balaban J connectivity index is 2.58. The molecule has 0 aliphatic carbocycles. The zero-order chi connectivity index (χ0) is 11.0. The Bertz CT molecular complexity index is 523. The van der Waals surface area contributed by atoms with Gasteiger partial charge in [0, 0.05) is 0 Å². The average Bonchev–Trinajstić information content (AvgIpc) is 2.64. The standard InChI is InChI=1S/C9H8ClN3O2/c10-5-1-4(7(11)9(14)15)2-6-8(5)13-3-12-6/h1-3,7H,11H2,(H,12,13)(H,14,15). The Kier molecular flexibility index (Phi) is 2.34. The number of nitrogens with zero attached hydrogens (tertiary/aromatic N) is 1. The number of carboxylic acids is 1. The zero-order valence-corrected chi connectivity index (χ0v) is 8.32. The van der Waals surface area contributed by atoms with Gasteiger partial charge >= 0.3 is 5.97 Å². The Hall–Kier alpha value is -1.59. The van der Waals surface area contributed by atoms with Crippen LogP contribution in [0.2, 0.25) is 5.02 Å². The molecular weight excluding hydrogens is 218 g/mol. The molecule has 0 fully saturated rings. The van der Waals surface area contributed by atoms with Crippen molar-refractivity contribution in [3.8, 4) is 0 Å². The summed E-state index contributed by atoms with van der Waals surface area (Å²) in [5.74, 6) is -1.09. The average molecular weight is 226 g/mol. The van der Waals surface area contributed by atoms with Crippen molar-refractivity contribution >= 4 is 28.6 Å². The van der Waals surface area contributed by atoms with Crippen LogP contribution in [0.15, 0.2) is 18.5 Å². The van der Waals surface area contributed by atoms with Gasteiger partial charge in [0.25, 0.3) is 0 Å². The van der Waals surface area contributed by atoms with E-state index in [0.717, 1.165) is 0 Å². The van der Waals surface area contributed by atoms with Gasteiger partial charge in [-0.25, -0.2) is 4.98 Å². The second-order valence-electron chi connectivity index (χ2n) is 3.12. The molecule has 0 saturated heterocycles. The van der Waals surface area contributed by atoms with Gasteiger partial charge in [-0.2, -0.15) is 0 Å². The first kappa shape index (κ1) is 9.95. The van der Waals surface area contributed by atoms with Crippen LogP contribution in [0, 0.1) is 0 Å². The summed E-state index contributed by atoms with van der Waals surface area (Å²) in [5, 5.41) is 9.14. The van der Waals surface area contributed by atoms with Crippen molar-refractivity contribution in [3.05, 3.63) is 29.0 Å². The number of aromatic amines is 1. The molecule has 78 valence electrons. The molecule has 0 aliphatic heterocycles. The summed E-state index contributed by atoms with van der Waals surface area (Å²) < 4.78 is 0. The highest BCUT2D eigenvalue weighted by molar-refractivity contribution is 6.35. The Morgan fingerprint density at radius 3 is 3.00 bits per heavy atom. The number of aromatic nitrogens is 2. The van der Waals surface area contributed by atoms with Crippen molar-refractivity contribution < 1.29 is 9.90 Å². The minimum atomic E-state index is -1.09. The van der Waals surface area contributed by atoms with Gasteiger partial charge in [-0.05, 0) is 17.7 Å². The lowest BCUT2D eigenvalue weighted by atomic mass is 10.1. The van der Waals surface area contributed by atoms with Gasteiger partial charge in [0.05, 0.1) is 16.9 Å². The van der Waals surface area contributed by atoms with Gasteiger partial charge in [0.2, 0.25) is 0 Å².